The molecular weight excluding hydrogens is 703 g/mol. The summed E-state index contributed by atoms with van der Waals surface area (Å²) in [4.78, 5) is 45.6. The first-order valence-corrected chi connectivity index (χ1v) is 19.2. The fourth-order valence-corrected chi connectivity index (χ4v) is 8.44. The van der Waals surface area contributed by atoms with Crippen molar-refractivity contribution in [1.82, 2.24) is 29.7 Å². The van der Waals surface area contributed by atoms with Crippen LogP contribution in [-0.4, -0.2) is 65.7 Å². The number of rotatable bonds is 7. The van der Waals surface area contributed by atoms with Gasteiger partial charge in [-0.2, -0.15) is 8.78 Å². The zero-order chi connectivity index (χ0) is 39.0. The fraction of sp³-hybridized carbons (Fsp3) is 0.442. The number of H-pyrrole nitrogens is 2. The molecule has 1 saturated carbocycles. The van der Waals surface area contributed by atoms with Crippen molar-refractivity contribution in [3.8, 4) is 33.5 Å². The lowest BCUT2D eigenvalue weighted by Crippen LogP contribution is -2.43. The molecular formula is C43H48F2N6O4. The third-order valence-electron chi connectivity index (χ3n) is 10.7. The van der Waals surface area contributed by atoms with E-state index in [9.17, 15) is 9.59 Å². The molecule has 2 aliphatic carbocycles. The number of nitrogens with one attached hydrogen (secondary N) is 2. The molecule has 10 nitrogen and oxygen atoms in total. The minimum atomic E-state index is -3.23. The maximum absolute atomic E-state index is 16.4. The number of hydrogen-bond donors (Lipinski definition) is 2. The van der Waals surface area contributed by atoms with Gasteiger partial charge in [-0.05, 0) is 120 Å². The number of fused-ring (bicyclic) bond motifs is 6. The molecule has 3 aromatic carbocycles. The number of nitrogens with zero attached hydrogens (tertiary/aromatic N) is 4. The second kappa shape index (κ2) is 13.2. The van der Waals surface area contributed by atoms with Gasteiger partial charge in [-0.1, -0.05) is 37.3 Å². The van der Waals surface area contributed by atoms with E-state index in [1.54, 1.807) is 29.3 Å². The number of piperidine rings is 1. The highest BCUT2D eigenvalue weighted by Crippen LogP contribution is 2.53. The Balaban J connectivity index is 1.03. The molecule has 0 spiro atoms. The van der Waals surface area contributed by atoms with E-state index in [1.165, 1.54) is 6.07 Å². The van der Waals surface area contributed by atoms with Crippen LogP contribution >= 0.6 is 0 Å². The maximum Gasteiger partial charge on any atom is 0.411 e. The van der Waals surface area contributed by atoms with Crippen molar-refractivity contribution < 1.29 is 27.8 Å². The summed E-state index contributed by atoms with van der Waals surface area (Å²) in [5, 5.41) is 0. The van der Waals surface area contributed by atoms with Gasteiger partial charge in [0.25, 0.3) is 5.92 Å². The first kappa shape index (κ1) is 36.7. The molecule has 2 aromatic heterocycles. The number of halogens is 2. The van der Waals surface area contributed by atoms with Gasteiger partial charge >= 0.3 is 12.2 Å². The van der Waals surface area contributed by atoms with Crippen molar-refractivity contribution in [3.05, 3.63) is 83.6 Å². The van der Waals surface area contributed by atoms with Crippen LogP contribution in [0.2, 0.25) is 0 Å². The van der Waals surface area contributed by atoms with E-state index >= 15 is 8.78 Å². The van der Waals surface area contributed by atoms with Gasteiger partial charge in [-0.15, -0.1) is 0 Å². The molecule has 8 rings (SSSR count). The molecule has 0 unspecified atom stereocenters. The van der Waals surface area contributed by atoms with E-state index in [4.69, 9.17) is 14.5 Å². The molecule has 2 fully saturated rings. The molecule has 3 atom stereocenters. The molecule has 5 aromatic rings. The van der Waals surface area contributed by atoms with Gasteiger partial charge < -0.3 is 24.3 Å². The lowest BCUT2D eigenvalue weighted by molar-refractivity contribution is 0.00616. The number of carbonyl (C=O) groups excluding carboxylic acids is 2. The Bertz CT molecular complexity index is 2300. The topological polar surface area (TPSA) is 116 Å². The molecule has 3 heterocycles. The number of amides is 2. The Morgan fingerprint density at radius 2 is 1.55 bits per heavy atom. The molecule has 1 aliphatic heterocycles. The van der Waals surface area contributed by atoms with Crippen LogP contribution in [0.3, 0.4) is 0 Å². The summed E-state index contributed by atoms with van der Waals surface area (Å²) in [5.41, 5.74) is 3.77. The van der Waals surface area contributed by atoms with E-state index in [0.717, 1.165) is 48.1 Å². The highest BCUT2D eigenvalue weighted by molar-refractivity contribution is 5.87. The van der Waals surface area contributed by atoms with E-state index in [2.05, 4.69) is 15.0 Å². The summed E-state index contributed by atoms with van der Waals surface area (Å²) >= 11 is 0. The number of benzene rings is 3. The van der Waals surface area contributed by atoms with Crippen molar-refractivity contribution in [2.24, 2.45) is 5.92 Å². The molecule has 288 valence electrons. The van der Waals surface area contributed by atoms with Crippen LogP contribution in [-0.2, 0) is 21.9 Å². The van der Waals surface area contributed by atoms with Crippen molar-refractivity contribution in [1.29, 1.82) is 0 Å². The van der Waals surface area contributed by atoms with Crippen molar-refractivity contribution in [3.63, 3.8) is 0 Å². The van der Waals surface area contributed by atoms with Gasteiger partial charge in [-0.3, -0.25) is 4.90 Å². The Hall–Kier alpha value is -5.26. The number of aromatic amines is 2. The zero-order valence-corrected chi connectivity index (χ0v) is 32.4. The SMILES string of the molecule is CCCN(Cc1ncc(-c2ccc3c(c2)C(F)(F)c2cc(-c4ccc5nc([C@@H]6[C@H]7CC[C@H](C7)N6C(=O)OC(C)(C)C)[nH]c5c4)ccc2-3)[nH]1)C(=O)OC(C)(C)C. The summed E-state index contributed by atoms with van der Waals surface area (Å²) in [6.07, 6.45) is 4.51. The van der Waals surface area contributed by atoms with Gasteiger partial charge in [0, 0.05) is 29.3 Å². The van der Waals surface area contributed by atoms with Gasteiger partial charge in [0.2, 0.25) is 0 Å². The smallest absolute Gasteiger partial charge is 0.411 e. The molecule has 12 heteroatoms. The third-order valence-corrected chi connectivity index (χ3v) is 10.7. The molecule has 2 N–H and O–H groups in total. The molecule has 2 amide bonds. The average molecular weight is 751 g/mol. The molecule has 55 heavy (non-hydrogen) atoms. The summed E-state index contributed by atoms with van der Waals surface area (Å²) in [5.74, 6) is -1.67. The molecule has 2 bridgehead atoms. The predicted molar refractivity (Wildman–Crippen MR) is 206 cm³/mol. The second-order valence-corrected chi connectivity index (χ2v) is 17.2. The average Bonchev–Trinajstić information content (AvgIpc) is 3.95. The van der Waals surface area contributed by atoms with E-state index < -0.39 is 23.2 Å². The Morgan fingerprint density at radius 3 is 2.24 bits per heavy atom. The standard InChI is InChI=1S/C43H48F2N6O4/c1-8-17-50(39(52)54-41(2,3)4)23-36-46-22-35(47-36)26-11-15-30-29-14-10-24(19-31(29)43(44,45)32(30)20-26)25-12-16-33-34(21-25)49-38(48-33)37-27-9-13-28(18-27)51(37)40(53)55-42(5,6)7/h10-12,14-16,19-22,27-28,37H,8-9,13,17-18,23H2,1-7H3,(H,46,47)(H,48,49)/t27-,28+,37-/m0/s1. The quantitative estimate of drug-likeness (QED) is 0.171. The minimum Gasteiger partial charge on any atom is -0.444 e. The van der Waals surface area contributed by atoms with Gasteiger partial charge in [-0.25, -0.2) is 19.6 Å². The van der Waals surface area contributed by atoms with E-state index in [-0.39, 0.29) is 35.8 Å². The second-order valence-electron chi connectivity index (χ2n) is 17.2. The lowest BCUT2D eigenvalue weighted by Gasteiger charge is -2.35. The normalized spacial score (nSPS) is 19.8. The minimum absolute atomic E-state index is 0.0459. The number of imidazole rings is 2. The van der Waals surface area contributed by atoms with Crippen LogP contribution < -0.4 is 0 Å². The Morgan fingerprint density at radius 1 is 0.891 bits per heavy atom. The largest absolute Gasteiger partial charge is 0.444 e. The number of hydrogen-bond acceptors (Lipinski definition) is 6. The van der Waals surface area contributed by atoms with Gasteiger partial charge in [0.1, 0.15) is 22.9 Å². The van der Waals surface area contributed by atoms with E-state index in [1.807, 2.05) is 83.7 Å². The van der Waals surface area contributed by atoms with Crippen LogP contribution in [0, 0.1) is 5.92 Å². The van der Waals surface area contributed by atoms with E-state index in [0.29, 0.717) is 46.2 Å². The first-order chi connectivity index (χ1) is 26.0. The van der Waals surface area contributed by atoms with Crippen LogP contribution in [0.5, 0.6) is 0 Å². The Kier molecular flexibility index (Phi) is 8.81. The summed E-state index contributed by atoms with van der Waals surface area (Å²) in [6, 6.07) is 16.0. The summed E-state index contributed by atoms with van der Waals surface area (Å²) in [6.45, 7) is 13.8. The van der Waals surface area contributed by atoms with Crippen molar-refractivity contribution >= 4 is 23.2 Å². The summed E-state index contributed by atoms with van der Waals surface area (Å²) in [7, 11) is 0. The van der Waals surface area contributed by atoms with Crippen molar-refractivity contribution in [2.45, 2.75) is 110 Å². The Labute approximate surface area is 319 Å². The van der Waals surface area contributed by atoms with Crippen LogP contribution in [0.25, 0.3) is 44.5 Å². The van der Waals surface area contributed by atoms with Gasteiger partial charge in [0.15, 0.2) is 0 Å². The van der Waals surface area contributed by atoms with Crippen molar-refractivity contribution in [2.75, 3.05) is 6.54 Å². The summed E-state index contributed by atoms with van der Waals surface area (Å²) < 4.78 is 44.1. The number of ether oxygens (including phenoxy) is 2. The molecule has 3 aliphatic rings. The molecule has 1 saturated heterocycles. The number of carbonyl (C=O) groups is 2. The van der Waals surface area contributed by atoms with Gasteiger partial charge in [0.05, 0.1) is 35.5 Å². The highest BCUT2D eigenvalue weighted by atomic mass is 19.3. The highest BCUT2D eigenvalue weighted by Gasteiger charge is 2.51. The monoisotopic (exact) mass is 750 g/mol. The zero-order valence-electron chi connectivity index (χ0n) is 32.4. The van der Waals surface area contributed by atoms with Crippen LogP contribution in [0.15, 0.2) is 60.8 Å². The predicted octanol–water partition coefficient (Wildman–Crippen LogP) is 10.3. The molecule has 0 radical (unpaired) electrons. The third kappa shape index (κ3) is 6.84. The maximum atomic E-state index is 16.4. The van der Waals surface area contributed by atoms with Crippen LogP contribution in [0.4, 0.5) is 18.4 Å². The lowest BCUT2D eigenvalue weighted by atomic mass is 9.98. The first-order valence-electron chi connectivity index (χ1n) is 19.2. The number of alkyl halides is 2. The number of likely N-dealkylation sites (tertiary alicyclic amines) is 1. The van der Waals surface area contributed by atoms with Crippen LogP contribution in [0.1, 0.15) is 103 Å². The fourth-order valence-electron chi connectivity index (χ4n) is 8.44. The number of aromatic nitrogens is 4.